The summed E-state index contributed by atoms with van der Waals surface area (Å²) >= 11 is 0. The van der Waals surface area contributed by atoms with E-state index in [2.05, 4.69) is 35.0 Å². The van der Waals surface area contributed by atoms with E-state index in [4.69, 9.17) is 10.5 Å². The minimum atomic E-state index is -0.553. The average Bonchev–Trinajstić information content (AvgIpc) is 2.55. The first-order valence-electron chi connectivity index (χ1n) is 6.92. The van der Waals surface area contributed by atoms with Crippen LogP contribution in [0.1, 0.15) is 6.42 Å². The monoisotopic (exact) mass is 272 g/mol. The summed E-state index contributed by atoms with van der Waals surface area (Å²) in [4.78, 5) is 0. The normalized spacial score (nSPS) is 10.6. The lowest BCUT2D eigenvalue weighted by atomic mass is 10.1. The number of fused-ring (bicyclic) bond motifs is 3. The van der Waals surface area contributed by atoms with E-state index in [1.165, 1.54) is 16.2 Å². The molecule has 0 aliphatic carbocycles. The summed E-state index contributed by atoms with van der Waals surface area (Å²) < 4.78 is 2.14. The molecule has 3 aromatic rings. The Morgan fingerprint density at radius 3 is 2.33 bits per heavy atom. The number of aryl methyl sites for hydroxylation is 1. The fourth-order valence-electron chi connectivity index (χ4n) is 2.66. The molecule has 0 unspecified atom stereocenters. The zero-order valence-electron chi connectivity index (χ0n) is 11.5. The number of rotatable bonds is 3. The number of hydrogen-bond acceptors (Lipinski definition) is 2. The molecule has 0 fully saturated rings. The van der Waals surface area contributed by atoms with Crippen molar-refractivity contribution in [2.24, 2.45) is 5.92 Å². The second-order valence-electron chi connectivity index (χ2n) is 5.03. The van der Waals surface area contributed by atoms with Crippen molar-refractivity contribution in [3.8, 4) is 12.1 Å². The molecule has 0 saturated carbocycles. The molecular formula is C18H14N3+. The second kappa shape index (κ2) is 5.61. The van der Waals surface area contributed by atoms with Crippen molar-refractivity contribution in [2.75, 3.05) is 0 Å². The fraction of sp³-hybridized carbons (Fsp3) is 0.167. The summed E-state index contributed by atoms with van der Waals surface area (Å²) in [5.41, 5.74) is 1.13. The molecule has 0 saturated heterocycles. The van der Waals surface area contributed by atoms with Crippen LogP contribution in [0, 0.1) is 28.6 Å². The zero-order chi connectivity index (χ0) is 14.7. The van der Waals surface area contributed by atoms with Crippen molar-refractivity contribution in [3.05, 3.63) is 54.7 Å². The van der Waals surface area contributed by atoms with Crippen LogP contribution < -0.4 is 4.57 Å². The molecule has 0 bridgehead atoms. The van der Waals surface area contributed by atoms with Gasteiger partial charge in [0.1, 0.15) is 5.92 Å². The lowest BCUT2D eigenvalue weighted by Crippen LogP contribution is -2.35. The molecule has 0 spiro atoms. The molecule has 0 atom stereocenters. The van der Waals surface area contributed by atoms with Gasteiger partial charge in [0.25, 0.3) is 0 Å². The Bertz CT molecular complexity index is 870. The van der Waals surface area contributed by atoms with Crippen LogP contribution in [0.15, 0.2) is 54.7 Å². The Hall–Kier alpha value is -2.91. The predicted molar refractivity (Wildman–Crippen MR) is 81.0 cm³/mol. The van der Waals surface area contributed by atoms with Crippen molar-refractivity contribution >= 4 is 21.7 Å². The van der Waals surface area contributed by atoms with Crippen LogP contribution in [0.2, 0.25) is 0 Å². The average molecular weight is 272 g/mol. The molecule has 0 aliphatic heterocycles. The van der Waals surface area contributed by atoms with Crippen molar-refractivity contribution in [1.29, 1.82) is 10.5 Å². The Kier molecular flexibility index (Phi) is 3.50. The van der Waals surface area contributed by atoms with E-state index in [1.54, 1.807) is 0 Å². The van der Waals surface area contributed by atoms with Gasteiger partial charge in [-0.3, -0.25) is 0 Å². The third-order valence-electron chi connectivity index (χ3n) is 3.73. The smallest absolute Gasteiger partial charge is 0.198 e. The maximum atomic E-state index is 8.91. The zero-order valence-corrected chi connectivity index (χ0v) is 11.5. The number of nitriles is 2. The van der Waals surface area contributed by atoms with Gasteiger partial charge in [-0.25, -0.2) is 0 Å². The molecular weight excluding hydrogens is 258 g/mol. The van der Waals surface area contributed by atoms with Crippen molar-refractivity contribution in [2.45, 2.75) is 13.0 Å². The summed E-state index contributed by atoms with van der Waals surface area (Å²) in [5, 5.41) is 21.4. The van der Waals surface area contributed by atoms with Gasteiger partial charge in [-0.2, -0.15) is 15.1 Å². The maximum Gasteiger partial charge on any atom is 0.213 e. The third-order valence-corrected chi connectivity index (χ3v) is 3.73. The summed E-state index contributed by atoms with van der Waals surface area (Å²) in [5.74, 6) is -0.553. The molecule has 3 heteroatoms. The van der Waals surface area contributed by atoms with Crippen LogP contribution in [0.4, 0.5) is 0 Å². The van der Waals surface area contributed by atoms with Crippen LogP contribution in [0.3, 0.4) is 0 Å². The number of benzene rings is 2. The largest absolute Gasteiger partial charge is 0.213 e. The van der Waals surface area contributed by atoms with E-state index in [9.17, 15) is 0 Å². The van der Waals surface area contributed by atoms with Crippen molar-refractivity contribution < 1.29 is 4.57 Å². The van der Waals surface area contributed by atoms with E-state index in [0.717, 1.165) is 5.52 Å². The van der Waals surface area contributed by atoms with Gasteiger partial charge in [0.15, 0.2) is 12.7 Å². The molecule has 21 heavy (non-hydrogen) atoms. The highest BCUT2D eigenvalue weighted by Crippen LogP contribution is 2.22. The van der Waals surface area contributed by atoms with Gasteiger partial charge in [0, 0.05) is 23.3 Å². The van der Waals surface area contributed by atoms with Crippen LogP contribution >= 0.6 is 0 Å². The highest BCUT2D eigenvalue weighted by atomic mass is 14.9. The van der Waals surface area contributed by atoms with Gasteiger partial charge in [-0.15, -0.1) is 0 Å². The summed E-state index contributed by atoms with van der Waals surface area (Å²) in [7, 11) is 0. The van der Waals surface area contributed by atoms with Gasteiger partial charge >= 0.3 is 0 Å². The first kappa shape index (κ1) is 13.1. The van der Waals surface area contributed by atoms with Crippen LogP contribution in [0.25, 0.3) is 21.7 Å². The fourth-order valence-corrected chi connectivity index (χ4v) is 2.66. The molecule has 0 N–H and O–H groups in total. The molecule has 3 nitrogen and oxygen atoms in total. The lowest BCUT2D eigenvalue weighted by Gasteiger charge is -2.05. The molecule has 0 amide bonds. The minimum absolute atomic E-state index is 0.542. The predicted octanol–water partition coefficient (Wildman–Crippen LogP) is 3.33. The maximum absolute atomic E-state index is 8.91. The topological polar surface area (TPSA) is 51.5 Å². The summed E-state index contributed by atoms with van der Waals surface area (Å²) in [6.07, 6.45) is 2.64. The van der Waals surface area contributed by atoms with E-state index < -0.39 is 5.92 Å². The molecule has 0 radical (unpaired) electrons. The number of para-hydroxylation sites is 1. The Labute approximate surface area is 123 Å². The van der Waals surface area contributed by atoms with Crippen LogP contribution in [-0.4, -0.2) is 0 Å². The number of nitrogens with zero attached hydrogens (tertiary/aromatic N) is 3. The molecule has 0 aliphatic rings. The highest BCUT2D eigenvalue weighted by Gasteiger charge is 2.15. The first-order valence-corrected chi connectivity index (χ1v) is 6.92. The summed E-state index contributed by atoms with van der Waals surface area (Å²) in [6, 6.07) is 20.6. The minimum Gasteiger partial charge on any atom is -0.198 e. The Morgan fingerprint density at radius 2 is 1.57 bits per heavy atom. The first-order chi connectivity index (χ1) is 10.3. The summed E-state index contributed by atoms with van der Waals surface area (Å²) in [6.45, 7) is 0.664. The van der Waals surface area contributed by atoms with E-state index in [-0.39, 0.29) is 0 Å². The lowest BCUT2D eigenvalue weighted by molar-refractivity contribution is -0.670. The number of hydrogen-bond donors (Lipinski definition) is 0. The Morgan fingerprint density at radius 1 is 0.905 bits per heavy atom. The van der Waals surface area contributed by atoms with Crippen LogP contribution in [0.5, 0.6) is 0 Å². The quantitative estimate of drug-likeness (QED) is 0.542. The number of pyridine rings is 1. The molecule has 1 aromatic heterocycles. The van der Waals surface area contributed by atoms with Gasteiger partial charge in [-0.05, 0) is 12.1 Å². The van der Waals surface area contributed by atoms with E-state index in [0.29, 0.717) is 13.0 Å². The molecule has 2 aromatic carbocycles. The molecule has 100 valence electrons. The van der Waals surface area contributed by atoms with Crippen molar-refractivity contribution in [1.82, 2.24) is 0 Å². The third kappa shape index (κ3) is 2.42. The van der Waals surface area contributed by atoms with E-state index in [1.807, 2.05) is 36.4 Å². The second-order valence-corrected chi connectivity index (χ2v) is 5.03. The van der Waals surface area contributed by atoms with Gasteiger partial charge in [0.2, 0.25) is 5.52 Å². The Balaban J connectivity index is 2.13. The molecule has 1 heterocycles. The van der Waals surface area contributed by atoms with Crippen molar-refractivity contribution in [3.63, 3.8) is 0 Å². The van der Waals surface area contributed by atoms with Crippen LogP contribution in [-0.2, 0) is 6.54 Å². The van der Waals surface area contributed by atoms with Gasteiger partial charge in [0.05, 0.1) is 17.5 Å². The number of aromatic nitrogens is 1. The SMILES string of the molecule is N#CC(C#N)CC[n+]1cc2ccccc2c2ccccc21. The highest BCUT2D eigenvalue weighted by molar-refractivity contribution is 6.03. The standard InChI is InChI=1S/C18H14N3/c19-11-14(12-20)9-10-21-13-15-5-1-2-6-16(15)17-7-3-4-8-18(17)21/h1-8,13-14H,9-10H2/q+1. The van der Waals surface area contributed by atoms with E-state index >= 15 is 0 Å². The molecule has 3 rings (SSSR count). The van der Waals surface area contributed by atoms with Gasteiger partial charge < -0.3 is 0 Å². The van der Waals surface area contributed by atoms with Gasteiger partial charge in [-0.1, -0.05) is 30.3 Å².